The number of carboxylic acid groups (broad SMARTS) is 1. The van der Waals surface area contributed by atoms with Gasteiger partial charge in [0.15, 0.2) is 0 Å². The van der Waals surface area contributed by atoms with E-state index in [2.05, 4.69) is 10.6 Å². The van der Waals surface area contributed by atoms with Crippen molar-refractivity contribution in [2.24, 2.45) is 0 Å². The number of hydrogen-bond donors (Lipinski definition) is 3. The second-order valence-corrected chi connectivity index (χ2v) is 7.29. The quantitative estimate of drug-likeness (QED) is 0.516. The van der Waals surface area contributed by atoms with Gasteiger partial charge >= 0.3 is 5.97 Å². The van der Waals surface area contributed by atoms with E-state index in [1.165, 1.54) is 11.8 Å². The first-order valence-corrected chi connectivity index (χ1v) is 10.0. The Morgan fingerprint density at radius 3 is 2.25 bits per heavy atom. The van der Waals surface area contributed by atoms with Crippen molar-refractivity contribution < 1.29 is 19.5 Å². The highest BCUT2D eigenvalue weighted by Gasteiger charge is 2.28. The average molecular weight is 427 g/mol. The summed E-state index contributed by atoms with van der Waals surface area (Å²) in [6, 6.07) is 23.9. The van der Waals surface area contributed by atoms with Crippen molar-refractivity contribution in [2.45, 2.75) is 6.92 Å². The first-order chi connectivity index (χ1) is 15.4. The fourth-order valence-electron chi connectivity index (χ4n) is 3.64. The fourth-order valence-corrected chi connectivity index (χ4v) is 3.64. The topological polar surface area (TPSA) is 98.7 Å². The Labute approximate surface area is 185 Å². The summed E-state index contributed by atoms with van der Waals surface area (Å²) in [7, 11) is 0. The molecule has 160 valence electrons. The van der Waals surface area contributed by atoms with Gasteiger partial charge in [0, 0.05) is 29.5 Å². The minimum Gasteiger partial charge on any atom is -0.480 e. The fraction of sp³-hybridized carbons (Fsp3) is 0.0800. The van der Waals surface area contributed by atoms with Gasteiger partial charge in [0.05, 0.1) is 11.3 Å². The number of fused-ring (bicyclic) bond motifs is 1. The molecule has 0 aliphatic carbocycles. The molecule has 0 aromatic heterocycles. The number of hydrogen-bond acceptors (Lipinski definition) is 4. The van der Waals surface area contributed by atoms with E-state index >= 15 is 0 Å². The molecular weight excluding hydrogens is 406 g/mol. The average Bonchev–Trinajstić information content (AvgIpc) is 3.12. The molecule has 0 saturated carbocycles. The Morgan fingerprint density at radius 1 is 0.938 bits per heavy atom. The van der Waals surface area contributed by atoms with Gasteiger partial charge in [-0.05, 0) is 35.9 Å². The molecule has 1 heterocycles. The summed E-state index contributed by atoms with van der Waals surface area (Å²) in [5.74, 6) is -1.65. The van der Waals surface area contributed by atoms with Gasteiger partial charge in [-0.1, -0.05) is 48.5 Å². The second kappa shape index (κ2) is 8.77. The number of carboxylic acids is 1. The van der Waals surface area contributed by atoms with Crippen LogP contribution in [0, 0.1) is 0 Å². The number of benzene rings is 3. The first-order valence-electron chi connectivity index (χ1n) is 10.0. The maximum atomic E-state index is 12.8. The molecular formula is C25H21N3O4. The Balaban J connectivity index is 1.73. The lowest BCUT2D eigenvalue weighted by molar-refractivity contribution is -0.136. The summed E-state index contributed by atoms with van der Waals surface area (Å²) in [4.78, 5) is 37.0. The molecule has 1 aliphatic rings. The minimum absolute atomic E-state index is 0.196. The third-order valence-corrected chi connectivity index (χ3v) is 5.11. The van der Waals surface area contributed by atoms with Crippen molar-refractivity contribution in [2.75, 3.05) is 22.1 Å². The van der Waals surface area contributed by atoms with Crippen LogP contribution in [0.2, 0.25) is 0 Å². The Bertz CT molecular complexity index is 1220. The predicted molar refractivity (Wildman–Crippen MR) is 124 cm³/mol. The van der Waals surface area contributed by atoms with E-state index in [9.17, 15) is 14.4 Å². The lowest BCUT2D eigenvalue weighted by Gasteiger charge is -2.20. The molecule has 32 heavy (non-hydrogen) atoms. The van der Waals surface area contributed by atoms with Crippen molar-refractivity contribution >= 4 is 46.1 Å². The van der Waals surface area contributed by atoms with Gasteiger partial charge in [-0.15, -0.1) is 0 Å². The van der Waals surface area contributed by atoms with Crippen molar-refractivity contribution in [1.82, 2.24) is 0 Å². The van der Waals surface area contributed by atoms with Crippen LogP contribution in [0.5, 0.6) is 0 Å². The Morgan fingerprint density at radius 2 is 1.59 bits per heavy atom. The summed E-state index contributed by atoms with van der Waals surface area (Å²) < 4.78 is 0. The molecule has 0 spiro atoms. The number of nitrogens with zero attached hydrogens (tertiary/aromatic N) is 1. The number of carbonyl (C=O) groups excluding carboxylic acids is 2. The Kier molecular flexibility index (Phi) is 5.72. The van der Waals surface area contributed by atoms with Gasteiger partial charge in [0.1, 0.15) is 6.54 Å². The molecule has 0 fully saturated rings. The molecule has 4 rings (SSSR count). The van der Waals surface area contributed by atoms with E-state index in [0.29, 0.717) is 22.6 Å². The van der Waals surface area contributed by atoms with E-state index in [1.54, 1.807) is 24.3 Å². The van der Waals surface area contributed by atoms with Crippen LogP contribution in [0.4, 0.5) is 17.1 Å². The molecule has 1 aliphatic heterocycles. The molecule has 0 bridgehead atoms. The van der Waals surface area contributed by atoms with Crippen molar-refractivity contribution in [3.05, 3.63) is 90.0 Å². The summed E-state index contributed by atoms with van der Waals surface area (Å²) >= 11 is 0. The number of para-hydroxylation sites is 1. The minimum atomic E-state index is -1.09. The van der Waals surface area contributed by atoms with Crippen molar-refractivity contribution in [3.63, 3.8) is 0 Å². The SMILES string of the molecule is CC(=O)N(CC(=O)O)c1ccc(NC(=C2C(=O)Nc3ccccc32)c2ccccc2)cc1. The number of rotatable bonds is 6. The van der Waals surface area contributed by atoms with Crippen molar-refractivity contribution in [3.8, 4) is 0 Å². The number of anilines is 3. The second-order valence-electron chi connectivity index (χ2n) is 7.29. The maximum absolute atomic E-state index is 12.8. The van der Waals surface area contributed by atoms with Crippen LogP contribution in [0.15, 0.2) is 78.9 Å². The molecule has 0 radical (unpaired) electrons. The molecule has 3 N–H and O–H groups in total. The van der Waals surface area contributed by atoms with Crippen LogP contribution in [0.1, 0.15) is 18.1 Å². The summed E-state index contributed by atoms with van der Waals surface area (Å²) in [6.45, 7) is 0.904. The monoisotopic (exact) mass is 427 g/mol. The van der Waals surface area contributed by atoms with Crippen LogP contribution in [0.25, 0.3) is 11.3 Å². The molecule has 0 saturated heterocycles. The number of carbonyl (C=O) groups is 3. The molecule has 7 nitrogen and oxygen atoms in total. The smallest absolute Gasteiger partial charge is 0.323 e. The van der Waals surface area contributed by atoms with Crippen LogP contribution >= 0.6 is 0 Å². The summed E-state index contributed by atoms with van der Waals surface area (Å²) in [6.07, 6.45) is 0. The standard InChI is InChI=1S/C25H21N3O4/c1-16(29)28(15-22(30)31)19-13-11-18(12-14-19)26-24(17-7-3-2-4-8-17)23-20-9-5-6-10-21(20)27-25(23)32/h2-14,26H,15H2,1H3,(H,27,32)(H,30,31). The summed E-state index contributed by atoms with van der Waals surface area (Å²) in [5.41, 5.74) is 4.75. The predicted octanol–water partition coefficient (Wildman–Crippen LogP) is 4.06. The van der Waals surface area contributed by atoms with E-state index < -0.39 is 12.5 Å². The van der Waals surface area contributed by atoms with Crippen molar-refractivity contribution in [1.29, 1.82) is 0 Å². The zero-order valence-corrected chi connectivity index (χ0v) is 17.3. The lowest BCUT2D eigenvalue weighted by Crippen LogP contribution is -2.33. The number of aliphatic carboxylic acids is 1. The van der Waals surface area contributed by atoms with Crippen LogP contribution < -0.4 is 15.5 Å². The van der Waals surface area contributed by atoms with Crippen LogP contribution in [0.3, 0.4) is 0 Å². The maximum Gasteiger partial charge on any atom is 0.323 e. The number of nitrogens with one attached hydrogen (secondary N) is 2. The summed E-state index contributed by atoms with van der Waals surface area (Å²) in [5, 5.41) is 15.3. The van der Waals surface area contributed by atoms with Gasteiger partial charge in [-0.25, -0.2) is 0 Å². The van der Waals surface area contributed by atoms with Crippen LogP contribution in [-0.2, 0) is 14.4 Å². The molecule has 7 heteroatoms. The Hall–Kier alpha value is -4.39. The van der Waals surface area contributed by atoms with E-state index in [-0.39, 0.29) is 11.8 Å². The highest BCUT2D eigenvalue weighted by molar-refractivity contribution is 6.37. The molecule has 2 amide bonds. The molecule has 0 unspecified atom stereocenters. The molecule has 3 aromatic rings. The van der Waals surface area contributed by atoms with Gasteiger partial charge in [-0.2, -0.15) is 0 Å². The van der Waals surface area contributed by atoms with Gasteiger partial charge in [0.25, 0.3) is 5.91 Å². The normalized spacial score (nSPS) is 13.7. The number of amides is 2. The highest BCUT2D eigenvalue weighted by Crippen LogP contribution is 2.37. The van der Waals surface area contributed by atoms with E-state index in [0.717, 1.165) is 16.8 Å². The van der Waals surface area contributed by atoms with Gasteiger partial charge in [0.2, 0.25) is 5.91 Å². The third-order valence-electron chi connectivity index (χ3n) is 5.11. The van der Waals surface area contributed by atoms with E-state index in [1.807, 2.05) is 54.6 Å². The largest absolute Gasteiger partial charge is 0.480 e. The zero-order chi connectivity index (χ0) is 22.7. The third kappa shape index (κ3) is 4.22. The van der Waals surface area contributed by atoms with Gasteiger partial charge < -0.3 is 20.6 Å². The van der Waals surface area contributed by atoms with Crippen LogP contribution in [-0.4, -0.2) is 29.4 Å². The lowest BCUT2D eigenvalue weighted by atomic mass is 10.00. The van der Waals surface area contributed by atoms with Gasteiger partial charge in [-0.3, -0.25) is 14.4 Å². The zero-order valence-electron chi connectivity index (χ0n) is 17.3. The molecule has 0 atom stereocenters. The van der Waals surface area contributed by atoms with E-state index in [4.69, 9.17) is 5.11 Å². The highest BCUT2D eigenvalue weighted by atomic mass is 16.4. The first kappa shape index (κ1) is 20.9. The molecule has 3 aromatic carbocycles.